The topological polar surface area (TPSA) is 24.5 Å². The number of hydrogen-bond donors (Lipinski definition) is 1. The molecule has 2 aliphatic rings. The van der Waals surface area contributed by atoms with E-state index in [9.17, 15) is 0 Å². The standard InChI is InChI=1S/C13H17ClN2O/c1-16(12-6-15-7-12)8-10-5-11(14)4-9-2-3-17-13(9)10/h4-5,12,15H,2-3,6-8H2,1H3. The van der Waals surface area contributed by atoms with Crippen LogP contribution in [0.1, 0.15) is 11.1 Å². The van der Waals surface area contributed by atoms with E-state index in [2.05, 4.69) is 17.3 Å². The number of benzene rings is 1. The number of ether oxygens (including phenoxy) is 1. The lowest BCUT2D eigenvalue weighted by molar-refractivity contribution is 0.171. The predicted octanol–water partition coefficient (Wildman–Crippen LogP) is 1.68. The molecule has 0 atom stereocenters. The summed E-state index contributed by atoms with van der Waals surface area (Å²) in [4.78, 5) is 2.37. The second-order valence-electron chi connectivity index (χ2n) is 4.88. The van der Waals surface area contributed by atoms with Gasteiger partial charge >= 0.3 is 0 Å². The number of rotatable bonds is 3. The van der Waals surface area contributed by atoms with Gasteiger partial charge in [-0.1, -0.05) is 11.6 Å². The Hall–Kier alpha value is -0.770. The fourth-order valence-corrected chi connectivity index (χ4v) is 2.71. The Labute approximate surface area is 107 Å². The van der Waals surface area contributed by atoms with Crippen molar-refractivity contribution in [2.75, 3.05) is 26.7 Å². The molecule has 3 nitrogen and oxygen atoms in total. The van der Waals surface area contributed by atoms with Crippen molar-refractivity contribution in [1.82, 2.24) is 10.2 Å². The molecule has 3 rings (SSSR count). The number of hydrogen-bond acceptors (Lipinski definition) is 3. The van der Waals surface area contributed by atoms with Crippen molar-refractivity contribution in [3.8, 4) is 5.75 Å². The molecule has 1 aromatic rings. The average Bonchev–Trinajstić information content (AvgIpc) is 2.62. The molecule has 0 bridgehead atoms. The first-order chi connectivity index (χ1) is 8.24. The van der Waals surface area contributed by atoms with E-state index in [1.165, 1.54) is 11.1 Å². The SMILES string of the molecule is CN(Cc1cc(Cl)cc2c1OCC2)C1CNC1. The molecule has 1 aromatic carbocycles. The van der Waals surface area contributed by atoms with Gasteiger partial charge in [-0.05, 0) is 24.7 Å². The molecule has 0 aliphatic carbocycles. The van der Waals surface area contributed by atoms with Gasteiger partial charge in [-0.2, -0.15) is 0 Å². The molecular formula is C13H17ClN2O. The highest BCUT2D eigenvalue weighted by molar-refractivity contribution is 6.30. The van der Waals surface area contributed by atoms with E-state index < -0.39 is 0 Å². The Morgan fingerprint density at radius 1 is 1.47 bits per heavy atom. The highest BCUT2D eigenvalue weighted by atomic mass is 35.5. The van der Waals surface area contributed by atoms with Crippen LogP contribution in [0.3, 0.4) is 0 Å². The maximum Gasteiger partial charge on any atom is 0.127 e. The zero-order valence-corrected chi connectivity index (χ0v) is 10.8. The van der Waals surface area contributed by atoms with Gasteiger partial charge in [-0.25, -0.2) is 0 Å². The fraction of sp³-hybridized carbons (Fsp3) is 0.538. The normalized spacial score (nSPS) is 19.0. The van der Waals surface area contributed by atoms with Gasteiger partial charge < -0.3 is 10.1 Å². The smallest absolute Gasteiger partial charge is 0.127 e. The lowest BCUT2D eigenvalue weighted by Crippen LogP contribution is -2.55. The van der Waals surface area contributed by atoms with Crippen molar-refractivity contribution in [1.29, 1.82) is 0 Å². The number of likely N-dealkylation sites (N-methyl/N-ethyl adjacent to an activating group) is 1. The molecular weight excluding hydrogens is 236 g/mol. The molecule has 0 radical (unpaired) electrons. The van der Waals surface area contributed by atoms with Crippen LogP contribution in [0.5, 0.6) is 5.75 Å². The minimum Gasteiger partial charge on any atom is -0.493 e. The van der Waals surface area contributed by atoms with Crippen LogP contribution in [0, 0.1) is 0 Å². The summed E-state index contributed by atoms with van der Waals surface area (Å²) in [5.41, 5.74) is 2.48. The van der Waals surface area contributed by atoms with E-state index in [4.69, 9.17) is 16.3 Å². The van der Waals surface area contributed by atoms with Gasteiger partial charge in [0.15, 0.2) is 0 Å². The van der Waals surface area contributed by atoms with E-state index in [0.29, 0.717) is 6.04 Å². The van der Waals surface area contributed by atoms with Gasteiger partial charge in [0.2, 0.25) is 0 Å². The minimum absolute atomic E-state index is 0.644. The quantitative estimate of drug-likeness (QED) is 0.886. The van der Waals surface area contributed by atoms with Crippen molar-refractivity contribution in [3.63, 3.8) is 0 Å². The first kappa shape index (κ1) is 11.3. The number of halogens is 1. The number of fused-ring (bicyclic) bond motifs is 1. The van der Waals surface area contributed by atoms with Crippen LogP contribution in [-0.4, -0.2) is 37.7 Å². The predicted molar refractivity (Wildman–Crippen MR) is 68.8 cm³/mol. The van der Waals surface area contributed by atoms with Crippen LogP contribution in [0.4, 0.5) is 0 Å². The molecule has 92 valence electrons. The van der Waals surface area contributed by atoms with Gasteiger partial charge in [0.1, 0.15) is 5.75 Å². The average molecular weight is 253 g/mol. The molecule has 0 aromatic heterocycles. The van der Waals surface area contributed by atoms with Crippen molar-refractivity contribution < 1.29 is 4.74 Å². The maximum atomic E-state index is 6.15. The van der Waals surface area contributed by atoms with Crippen molar-refractivity contribution in [2.45, 2.75) is 19.0 Å². The van der Waals surface area contributed by atoms with Crippen molar-refractivity contribution >= 4 is 11.6 Å². The summed E-state index contributed by atoms with van der Waals surface area (Å²) < 4.78 is 5.72. The molecule has 0 spiro atoms. The van der Waals surface area contributed by atoms with Crippen LogP contribution < -0.4 is 10.1 Å². The molecule has 0 amide bonds. The zero-order valence-electron chi connectivity index (χ0n) is 10.0. The summed E-state index contributed by atoms with van der Waals surface area (Å²) in [7, 11) is 2.16. The lowest BCUT2D eigenvalue weighted by Gasteiger charge is -2.35. The van der Waals surface area contributed by atoms with E-state index >= 15 is 0 Å². The van der Waals surface area contributed by atoms with Crippen LogP contribution in [0.15, 0.2) is 12.1 Å². The molecule has 1 N–H and O–H groups in total. The summed E-state index contributed by atoms with van der Waals surface area (Å²) in [6.45, 7) is 3.87. The second kappa shape index (κ2) is 4.48. The van der Waals surface area contributed by atoms with E-state index in [-0.39, 0.29) is 0 Å². The van der Waals surface area contributed by atoms with Gasteiger partial charge in [0, 0.05) is 42.7 Å². The summed E-state index contributed by atoms with van der Waals surface area (Å²) in [6.07, 6.45) is 0.984. The third-order valence-electron chi connectivity index (χ3n) is 3.63. The van der Waals surface area contributed by atoms with Crippen molar-refractivity contribution in [3.05, 3.63) is 28.3 Å². The molecule has 17 heavy (non-hydrogen) atoms. The van der Waals surface area contributed by atoms with Gasteiger partial charge in [0.05, 0.1) is 6.61 Å². The maximum absolute atomic E-state index is 6.15. The van der Waals surface area contributed by atoms with Gasteiger partial charge in [-0.3, -0.25) is 4.90 Å². The molecule has 0 unspecified atom stereocenters. The third kappa shape index (κ3) is 2.15. The Bertz CT molecular complexity index is 432. The van der Waals surface area contributed by atoms with E-state index in [1.807, 2.05) is 12.1 Å². The zero-order chi connectivity index (χ0) is 11.8. The fourth-order valence-electron chi connectivity index (χ4n) is 2.45. The van der Waals surface area contributed by atoms with Crippen LogP contribution in [-0.2, 0) is 13.0 Å². The Balaban J connectivity index is 1.82. The van der Waals surface area contributed by atoms with Gasteiger partial charge in [0.25, 0.3) is 0 Å². The third-order valence-corrected chi connectivity index (χ3v) is 3.85. The first-order valence-electron chi connectivity index (χ1n) is 6.09. The lowest BCUT2D eigenvalue weighted by atomic mass is 10.1. The molecule has 4 heteroatoms. The summed E-state index contributed by atoms with van der Waals surface area (Å²) in [5, 5.41) is 4.12. The van der Waals surface area contributed by atoms with Crippen LogP contribution in [0.25, 0.3) is 0 Å². The Kier molecular flexibility index (Phi) is 2.99. The molecule has 2 heterocycles. The number of nitrogens with zero attached hydrogens (tertiary/aromatic N) is 1. The largest absolute Gasteiger partial charge is 0.493 e. The molecule has 0 saturated carbocycles. The Morgan fingerprint density at radius 3 is 3.00 bits per heavy atom. The summed E-state index contributed by atoms with van der Waals surface area (Å²) >= 11 is 6.15. The van der Waals surface area contributed by atoms with Crippen molar-refractivity contribution in [2.24, 2.45) is 0 Å². The molecule has 2 aliphatic heterocycles. The Morgan fingerprint density at radius 2 is 2.29 bits per heavy atom. The monoisotopic (exact) mass is 252 g/mol. The van der Waals surface area contributed by atoms with Crippen LogP contribution >= 0.6 is 11.6 Å². The summed E-state index contributed by atoms with van der Waals surface area (Å²) in [5.74, 6) is 1.06. The molecule has 1 saturated heterocycles. The van der Waals surface area contributed by atoms with E-state index in [0.717, 1.165) is 43.4 Å². The number of nitrogens with one attached hydrogen (secondary N) is 1. The summed E-state index contributed by atoms with van der Waals surface area (Å²) in [6, 6.07) is 4.71. The molecule has 1 fully saturated rings. The van der Waals surface area contributed by atoms with Crippen LogP contribution in [0.2, 0.25) is 5.02 Å². The minimum atomic E-state index is 0.644. The highest BCUT2D eigenvalue weighted by Gasteiger charge is 2.24. The van der Waals surface area contributed by atoms with E-state index in [1.54, 1.807) is 0 Å². The highest BCUT2D eigenvalue weighted by Crippen LogP contribution is 2.33. The van der Waals surface area contributed by atoms with Gasteiger partial charge in [-0.15, -0.1) is 0 Å². The second-order valence-corrected chi connectivity index (χ2v) is 5.32. The first-order valence-corrected chi connectivity index (χ1v) is 6.47.